The molecule has 0 aliphatic carbocycles. The van der Waals surface area contributed by atoms with E-state index in [1.807, 2.05) is 0 Å². The van der Waals surface area contributed by atoms with Crippen molar-refractivity contribution in [3.63, 3.8) is 0 Å². The van der Waals surface area contributed by atoms with Crippen LogP contribution in [0.2, 0.25) is 0 Å². The Morgan fingerprint density at radius 3 is 0.591 bits per heavy atom. The maximum absolute atomic E-state index is 8.88. The van der Waals surface area contributed by atoms with Gasteiger partial charge in [-0.25, -0.2) is 9.13 Å². The molecule has 2 heterocycles. The molecule has 0 radical (unpaired) electrons. The van der Waals surface area contributed by atoms with E-state index in [1.165, 1.54) is 0 Å². The minimum absolute atomic E-state index is 1.14. The van der Waals surface area contributed by atoms with E-state index in [-0.39, 0.29) is 0 Å². The Morgan fingerprint density at radius 1 is 0.455 bits per heavy atom. The van der Waals surface area contributed by atoms with Crippen molar-refractivity contribution in [1.29, 1.82) is 0 Å². The zero-order chi connectivity index (χ0) is 17.5. The quantitative estimate of drug-likeness (QED) is 0.189. The van der Waals surface area contributed by atoms with E-state index in [0.717, 1.165) is 52.4 Å². The van der Waals surface area contributed by atoms with Gasteiger partial charge in [-0.3, -0.25) is 0 Å². The zero-order valence-electron chi connectivity index (χ0n) is 12.1. The van der Waals surface area contributed by atoms with E-state index < -0.39 is 15.6 Å². The van der Waals surface area contributed by atoms with Gasteiger partial charge in [-0.05, 0) is 0 Å². The molecule has 0 spiro atoms. The number of rotatable bonds is 0. The second-order valence-corrected chi connectivity index (χ2v) is 6.08. The van der Waals surface area contributed by atoms with Gasteiger partial charge in [0, 0.05) is 52.4 Å². The smallest absolute Gasteiger partial charge is 0.314 e. The fourth-order valence-electron chi connectivity index (χ4n) is 1.21. The third kappa shape index (κ3) is 50.1. The van der Waals surface area contributed by atoms with E-state index in [2.05, 4.69) is 21.3 Å². The summed E-state index contributed by atoms with van der Waals surface area (Å²) in [7, 11) is -9.28. The third-order valence-electron chi connectivity index (χ3n) is 1.91. The fourth-order valence-corrected chi connectivity index (χ4v) is 1.21. The highest BCUT2D eigenvalue weighted by Gasteiger charge is 2.00. The topological polar surface area (TPSA) is 204 Å². The van der Waals surface area contributed by atoms with Gasteiger partial charge in [0.15, 0.2) is 0 Å². The Balaban J connectivity index is 0. The minimum Gasteiger partial charge on any atom is -0.314 e. The van der Waals surface area contributed by atoms with E-state index in [4.69, 9.17) is 38.5 Å². The van der Waals surface area contributed by atoms with Crippen molar-refractivity contribution in [1.82, 2.24) is 21.3 Å². The molecule has 0 unspecified atom stereocenters. The van der Waals surface area contributed by atoms with Gasteiger partial charge in [0.05, 0.1) is 0 Å². The number of phosphoric acid groups is 2. The molecule has 2 saturated heterocycles. The predicted molar refractivity (Wildman–Crippen MR) is 80.0 cm³/mol. The second kappa shape index (κ2) is 14.6. The molecule has 0 aromatic heterocycles. The SMILES string of the molecule is C1CNCCN1.C1CNCCN1.O=P(O)(O)O.O=P(O)(O)O. The summed E-state index contributed by atoms with van der Waals surface area (Å²) in [5.41, 5.74) is 0. The summed E-state index contributed by atoms with van der Waals surface area (Å²) >= 11 is 0. The third-order valence-corrected chi connectivity index (χ3v) is 1.91. The fraction of sp³-hybridized carbons (Fsp3) is 1.00. The maximum Gasteiger partial charge on any atom is 0.466 e. The first-order valence-corrected chi connectivity index (χ1v) is 9.52. The zero-order valence-corrected chi connectivity index (χ0v) is 13.8. The molecule has 0 amide bonds. The highest BCUT2D eigenvalue weighted by atomic mass is 31.2. The summed E-state index contributed by atoms with van der Waals surface area (Å²) in [5.74, 6) is 0. The Kier molecular flexibility index (Phi) is 16.2. The van der Waals surface area contributed by atoms with Crippen LogP contribution < -0.4 is 21.3 Å². The molecule has 2 aliphatic heterocycles. The number of piperazine rings is 2. The summed E-state index contributed by atoms with van der Waals surface area (Å²) < 4.78 is 17.8. The molecular formula is C8H26N4O8P2. The van der Waals surface area contributed by atoms with Crippen molar-refractivity contribution in [2.45, 2.75) is 0 Å². The monoisotopic (exact) mass is 368 g/mol. The average molecular weight is 368 g/mol. The van der Waals surface area contributed by atoms with Crippen LogP contribution in [0.15, 0.2) is 0 Å². The van der Waals surface area contributed by atoms with Gasteiger partial charge in [0.2, 0.25) is 0 Å². The summed E-state index contributed by atoms with van der Waals surface area (Å²) in [6.07, 6.45) is 0. The molecule has 0 bridgehead atoms. The van der Waals surface area contributed by atoms with Crippen molar-refractivity contribution in [3.8, 4) is 0 Å². The van der Waals surface area contributed by atoms with Gasteiger partial charge < -0.3 is 50.6 Å². The highest BCUT2D eigenvalue weighted by Crippen LogP contribution is 2.26. The van der Waals surface area contributed by atoms with Crippen LogP contribution in [0.5, 0.6) is 0 Å². The molecule has 136 valence electrons. The molecule has 12 nitrogen and oxygen atoms in total. The van der Waals surface area contributed by atoms with Gasteiger partial charge in [-0.2, -0.15) is 0 Å². The van der Waals surface area contributed by atoms with Gasteiger partial charge in [0.25, 0.3) is 0 Å². The Bertz CT molecular complexity index is 257. The van der Waals surface area contributed by atoms with Crippen LogP contribution in [0, 0.1) is 0 Å². The lowest BCUT2D eigenvalue weighted by Gasteiger charge is -2.11. The predicted octanol–water partition coefficient (Wildman–Crippen LogP) is -3.50. The molecule has 0 aromatic carbocycles. The molecular weight excluding hydrogens is 342 g/mol. The van der Waals surface area contributed by atoms with Crippen LogP contribution in [0.4, 0.5) is 0 Å². The summed E-state index contributed by atoms with van der Waals surface area (Å²) in [6.45, 7) is 9.11. The highest BCUT2D eigenvalue weighted by molar-refractivity contribution is 7.45. The van der Waals surface area contributed by atoms with Crippen LogP contribution in [0.1, 0.15) is 0 Å². The molecule has 0 atom stereocenters. The van der Waals surface area contributed by atoms with E-state index in [9.17, 15) is 0 Å². The van der Waals surface area contributed by atoms with Crippen molar-refractivity contribution >= 4 is 15.6 Å². The number of hydrogen-bond donors (Lipinski definition) is 10. The number of nitrogens with one attached hydrogen (secondary N) is 4. The van der Waals surface area contributed by atoms with Gasteiger partial charge in [-0.15, -0.1) is 0 Å². The minimum atomic E-state index is -4.64. The molecule has 22 heavy (non-hydrogen) atoms. The normalized spacial score (nSPS) is 18.5. The lowest BCUT2D eigenvalue weighted by atomic mass is 10.4. The Morgan fingerprint density at radius 2 is 0.545 bits per heavy atom. The van der Waals surface area contributed by atoms with E-state index in [1.54, 1.807) is 0 Å². The van der Waals surface area contributed by atoms with Crippen molar-refractivity contribution in [3.05, 3.63) is 0 Å². The van der Waals surface area contributed by atoms with Crippen molar-refractivity contribution < 1.29 is 38.5 Å². The van der Waals surface area contributed by atoms with Crippen LogP contribution in [-0.4, -0.2) is 81.7 Å². The van der Waals surface area contributed by atoms with Crippen LogP contribution in [0.3, 0.4) is 0 Å². The first-order valence-electron chi connectivity index (χ1n) is 6.39. The number of hydrogen-bond acceptors (Lipinski definition) is 6. The standard InChI is InChI=1S/2C4H10N2.2H3O4P/c2*1-2-6-4-3-5-1;2*1-5(2,3)4/h2*5-6H,1-4H2;2*(H3,1,2,3,4). The molecule has 0 saturated carbocycles. The van der Waals surface area contributed by atoms with Crippen molar-refractivity contribution in [2.24, 2.45) is 0 Å². The maximum atomic E-state index is 8.88. The Hall–Kier alpha value is 0.0600. The van der Waals surface area contributed by atoms with Crippen molar-refractivity contribution in [2.75, 3.05) is 52.4 Å². The molecule has 2 fully saturated rings. The largest absolute Gasteiger partial charge is 0.466 e. The average Bonchev–Trinajstić information content (AvgIpc) is 2.40. The van der Waals surface area contributed by atoms with Gasteiger partial charge in [-0.1, -0.05) is 0 Å². The van der Waals surface area contributed by atoms with Crippen LogP contribution in [-0.2, 0) is 9.13 Å². The first-order chi connectivity index (χ1) is 10.0. The molecule has 0 aromatic rings. The van der Waals surface area contributed by atoms with E-state index >= 15 is 0 Å². The molecule has 10 N–H and O–H groups in total. The lowest BCUT2D eigenvalue weighted by Crippen LogP contribution is -2.39. The summed E-state index contributed by atoms with van der Waals surface area (Å²) in [5, 5.41) is 12.9. The molecule has 14 heteroatoms. The summed E-state index contributed by atoms with van der Waals surface area (Å²) in [4.78, 5) is 43.1. The van der Waals surface area contributed by atoms with Gasteiger partial charge >= 0.3 is 15.6 Å². The van der Waals surface area contributed by atoms with Crippen LogP contribution >= 0.6 is 15.6 Å². The Labute approximate surface area is 128 Å². The van der Waals surface area contributed by atoms with Crippen LogP contribution in [0.25, 0.3) is 0 Å². The lowest BCUT2D eigenvalue weighted by molar-refractivity contribution is 0.272. The molecule has 2 rings (SSSR count). The molecule has 2 aliphatic rings. The summed E-state index contributed by atoms with van der Waals surface area (Å²) in [6, 6.07) is 0. The first kappa shape index (κ1) is 24.3. The van der Waals surface area contributed by atoms with Gasteiger partial charge in [0.1, 0.15) is 0 Å². The van der Waals surface area contributed by atoms with E-state index in [0.29, 0.717) is 0 Å². The second-order valence-electron chi connectivity index (χ2n) is 4.03.